The molecular formula is C22H19N3O3. The molecular weight excluding hydrogens is 354 g/mol. The maximum Gasteiger partial charge on any atom is 0.349 e. The van der Waals surface area contributed by atoms with Crippen LogP contribution in [0.3, 0.4) is 0 Å². The molecule has 1 amide bonds. The summed E-state index contributed by atoms with van der Waals surface area (Å²) in [5.41, 5.74) is 3.11. The fourth-order valence-corrected chi connectivity index (χ4v) is 3.07. The van der Waals surface area contributed by atoms with Crippen molar-refractivity contribution in [3.8, 4) is 11.1 Å². The molecule has 0 atom stereocenters. The lowest BCUT2D eigenvalue weighted by atomic mass is 10.1. The highest BCUT2D eigenvalue weighted by Gasteiger charge is 2.13. The Kier molecular flexibility index (Phi) is 4.76. The standard InChI is InChI=1S/C22H19N3O3/c1-25-14-18(13-24-25)16-8-6-15(7-9-16)10-11-23-21(26)19-12-17-4-2-3-5-20(17)28-22(19)27/h2-9,12-14H,10-11H2,1H3,(H,23,26). The van der Waals surface area contributed by atoms with Crippen LogP contribution in [0.4, 0.5) is 0 Å². The molecule has 140 valence electrons. The largest absolute Gasteiger partial charge is 0.422 e. The highest BCUT2D eigenvalue weighted by Crippen LogP contribution is 2.19. The lowest BCUT2D eigenvalue weighted by molar-refractivity contribution is 0.0950. The smallest absolute Gasteiger partial charge is 0.349 e. The molecule has 2 aromatic carbocycles. The second-order valence-electron chi connectivity index (χ2n) is 6.59. The van der Waals surface area contributed by atoms with Gasteiger partial charge in [-0.3, -0.25) is 9.48 Å². The van der Waals surface area contributed by atoms with Crippen molar-refractivity contribution in [1.29, 1.82) is 0 Å². The van der Waals surface area contributed by atoms with E-state index in [0.29, 0.717) is 18.5 Å². The van der Waals surface area contributed by atoms with Gasteiger partial charge in [0.15, 0.2) is 0 Å². The molecule has 0 saturated heterocycles. The third-order valence-electron chi connectivity index (χ3n) is 4.58. The Labute approximate surface area is 161 Å². The minimum absolute atomic E-state index is 0.0191. The monoisotopic (exact) mass is 373 g/mol. The van der Waals surface area contributed by atoms with E-state index in [4.69, 9.17) is 4.42 Å². The van der Waals surface area contributed by atoms with E-state index in [0.717, 1.165) is 22.1 Å². The van der Waals surface area contributed by atoms with E-state index in [9.17, 15) is 9.59 Å². The van der Waals surface area contributed by atoms with E-state index in [2.05, 4.69) is 10.4 Å². The number of para-hydroxylation sites is 1. The first kappa shape index (κ1) is 17.7. The van der Waals surface area contributed by atoms with Gasteiger partial charge in [0.05, 0.1) is 6.20 Å². The molecule has 6 nitrogen and oxygen atoms in total. The SMILES string of the molecule is Cn1cc(-c2ccc(CCNC(=O)c3cc4ccccc4oc3=O)cc2)cn1. The molecule has 2 aromatic heterocycles. The first-order valence-corrected chi connectivity index (χ1v) is 8.99. The number of nitrogens with zero attached hydrogens (tertiary/aromatic N) is 2. The molecule has 6 heteroatoms. The van der Waals surface area contributed by atoms with Crippen LogP contribution in [0.1, 0.15) is 15.9 Å². The Balaban J connectivity index is 1.39. The zero-order valence-electron chi connectivity index (χ0n) is 15.4. The van der Waals surface area contributed by atoms with Crippen molar-refractivity contribution in [3.05, 3.63) is 88.5 Å². The summed E-state index contributed by atoms with van der Waals surface area (Å²) in [4.78, 5) is 24.4. The van der Waals surface area contributed by atoms with E-state index >= 15 is 0 Å². The van der Waals surface area contributed by atoms with E-state index < -0.39 is 11.5 Å². The number of aromatic nitrogens is 2. The van der Waals surface area contributed by atoms with Crippen molar-refractivity contribution in [3.63, 3.8) is 0 Å². The maximum atomic E-state index is 12.4. The van der Waals surface area contributed by atoms with Gasteiger partial charge in [0, 0.05) is 30.7 Å². The lowest BCUT2D eigenvalue weighted by Crippen LogP contribution is -2.29. The molecule has 28 heavy (non-hydrogen) atoms. The normalized spacial score (nSPS) is 10.9. The predicted molar refractivity (Wildman–Crippen MR) is 107 cm³/mol. The average Bonchev–Trinajstić information content (AvgIpc) is 3.14. The number of rotatable bonds is 5. The molecule has 4 aromatic rings. The number of carbonyl (C=O) groups is 1. The first-order chi connectivity index (χ1) is 13.6. The summed E-state index contributed by atoms with van der Waals surface area (Å²) in [7, 11) is 1.89. The fourth-order valence-electron chi connectivity index (χ4n) is 3.07. The molecule has 0 saturated carbocycles. The molecule has 1 N–H and O–H groups in total. The molecule has 0 spiro atoms. The summed E-state index contributed by atoms with van der Waals surface area (Å²) in [6.45, 7) is 0.428. The highest BCUT2D eigenvalue weighted by atomic mass is 16.4. The van der Waals surface area contributed by atoms with E-state index in [1.54, 1.807) is 28.9 Å². The summed E-state index contributed by atoms with van der Waals surface area (Å²) in [6, 6.07) is 16.8. The molecule has 0 fully saturated rings. The van der Waals surface area contributed by atoms with Gasteiger partial charge in [-0.2, -0.15) is 5.10 Å². The Hall–Kier alpha value is -3.67. The second kappa shape index (κ2) is 7.52. The van der Waals surface area contributed by atoms with Crippen LogP contribution in [0, 0.1) is 0 Å². The number of fused-ring (bicyclic) bond motifs is 1. The average molecular weight is 373 g/mol. The fraction of sp³-hybridized carbons (Fsp3) is 0.136. The summed E-state index contributed by atoms with van der Waals surface area (Å²) < 4.78 is 6.98. The quantitative estimate of drug-likeness (QED) is 0.545. The zero-order chi connectivity index (χ0) is 19.5. The van der Waals surface area contributed by atoms with Crippen LogP contribution < -0.4 is 10.9 Å². The minimum Gasteiger partial charge on any atom is -0.422 e. The molecule has 4 rings (SSSR count). The van der Waals surface area contributed by atoms with Crippen LogP contribution in [0.25, 0.3) is 22.1 Å². The third kappa shape index (κ3) is 3.71. The van der Waals surface area contributed by atoms with Gasteiger partial charge < -0.3 is 9.73 Å². The number of hydrogen-bond acceptors (Lipinski definition) is 4. The van der Waals surface area contributed by atoms with E-state index in [1.807, 2.05) is 49.8 Å². The van der Waals surface area contributed by atoms with Crippen LogP contribution in [-0.4, -0.2) is 22.2 Å². The molecule has 0 radical (unpaired) electrons. The number of benzene rings is 2. The molecule has 0 aliphatic rings. The van der Waals surface area contributed by atoms with Gasteiger partial charge in [-0.1, -0.05) is 42.5 Å². The van der Waals surface area contributed by atoms with Gasteiger partial charge in [0.1, 0.15) is 11.1 Å². The molecule has 0 aliphatic heterocycles. The predicted octanol–water partition coefficient (Wildman–Crippen LogP) is 3.17. The minimum atomic E-state index is -0.628. The van der Waals surface area contributed by atoms with Crippen molar-refractivity contribution in [2.45, 2.75) is 6.42 Å². The van der Waals surface area contributed by atoms with Crippen molar-refractivity contribution in [1.82, 2.24) is 15.1 Å². The van der Waals surface area contributed by atoms with Crippen LogP contribution in [0.2, 0.25) is 0 Å². The van der Waals surface area contributed by atoms with Crippen molar-refractivity contribution < 1.29 is 9.21 Å². The maximum absolute atomic E-state index is 12.4. The van der Waals surface area contributed by atoms with Crippen LogP contribution in [0.5, 0.6) is 0 Å². The van der Waals surface area contributed by atoms with Gasteiger partial charge in [-0.05, 0) is 29.7 Å². The Morgan fingerprint density at radius 1 is 1.11 bits per heavy atom. The van der Waals surface area contributed by atoms with Crippen LogP contribution >= 0.6 is 0 Å². The summed E-state index contributed by atoms with van der Waals surface area (Å²) >= 11 is 0. The van der Waals surface area contributed by atoms with E-state index in [-0.39, 0.29) is 5.56 Å². The summed E-state index contributed by atoms with van der Waals surface area (Å²) in [6.07, 6.45) is 4.45. The molecule has 0 unspecified atom stereocenters. The number of nitrogens with one attached hydrogen (secondary N) is 1. The van der Waals surface area contributed by atoms with Gasteiger partial charge in [0.25, 0.3) is 5.91 Å². The van der Waals surface area contributed by atoms with Gasteiger partial charge >= 0.3 is 5.63 Å². The van der Waals surface area contributed by atoms with E-state index in [1.165, 1.54) is 0 Å². The van der Waals surface area contributed by atoms with Gasteiger partial charge in [0.2, 0.25) is 0 Å². The van der Waals surface area contributed by atoms with Gasteiger partial charge in [-0.15, -0.1) is 0 Å². The summed E-state index contributed by atoms with van der Waals surface area (Å²) in [5, 5.41) is 7.69. The molecule has 2 heterocycles. The highest BCUT2D eigenvalue weighted by molar-refractivity contribution is 5.96. The number of hydrogen-bond donors (Lipinski definition) is 1. The van der Waals surface area contributed by atoms with Crippen molar-refractivity contribution in [2.24, 2.45) is 7.05 Å². The Morgan fingerprint density at radius 3 is 2.64 bits per heavy atom. The number of amides is 1. The zero-order valence-corrected chi connectivity index (χ0v) is 15.4. The summed E-state index contributed by atoms with van der Waals surface area (Å²) in [5.74, 6) is -0.425. The third-order valence-corrected chi connectivity index (χ3v) is 4.58. The number of carbonyl (C=O) groups excluding carboxylic acids is 1. The first-order valence-electron chi connectivity index (χ1n) is 8.99. The van der Waals surface area contributed by atoms with Gasteiger partial charge in [-0.25, -0.2) is 4.79 Å². The number of aryl methyl sites for hydroxylation is 1. The molecule has 0 aliphatic carbocycles. The lowest BCUT2D eigenvalue weighted by Gasteiger charge is -2.06. The second-order valence-corrected chi connectivity index (χ2v) is 6.59. The van der Waals surface area contributed by atoms with Crippen LogP contribution in [0.15, 0.2) is 76.2 Å². The van der Waals surface area contributed by atoms with Crippen molar-refractivity contribution >= 4 is 16.9 Å². The van der Waals surface area contributed by atoms with Crippen molar-refractivity contribution in [2.75, 3.05) is 6.54 Å². The molecule has 0 bridgehead atoms. The Morgan fingerprint density at radius 2 is 1.89 bits per heavy atom. The Bertz CT molecular complexity index is 1190. The van der Waals surface area contributed by atoms with Crippen LogP contribution in [-0.2, 0) is 13.5 Å². The topological polar surface area (TPSA) is 77.1 Å².